The van der Waals surface area contributed by atoms with Crippen molar-refractivity contribution in [2.24, 2.45) is 0 Å². The van der Waals surface area contributed by atoms with Crippen molar-refractivity contribution in [3.8, 4) is 11.1 Å². The van der Waals surface area contributed by atoms with Crippen LogP contribution in [-0.2, 0) is 4.79 Å². The lowest BCUT2D eigenvalue weighted by Crippen LogP contribution is -2.27. The second-order valence-corrected chi connectivity index (χ2v) is 3.95. The van der Waals surface area contributed by atoms with Crippen LogP contribution in [0.3, 0.4) is 0 Å². The third kappa shape index (κ3) is 2.83. The third-order valence-electron chi connectivity index (χ3n) is 2.54. The molecule has 2 aromatic rings. The summed E-state index contributed by atoms with van der Waals surface area (Å²) in [6, 6.07) is 17.0. The summed E-state index contributed by atoms with van der Waals surface area (Å²) >= 11 is 0. The van der Waals surface area contributed by atoms with E-state index in [1.165, 1.54) is 6.92 Å². The summed E-state index contributed by atoms with van der Waals surface area (Å²) in [5.74, 6) is -0.728. The predicted octanol–water partition coefficient (Wildman–Crippen LogP) is 2.63. The molecule has 90 valence electrons. The molecule has 0 fully saturated rings. The van der Waals surface area contributed by atoms with Crippen molar-refractivity contribution in [1.29, 1.82) is 0 Å². The van der Waals surface area contributed by atoms with Gasteiger partial charge < -0.3 is 0 Å². The topological polar surface area (TPSA) is 46.2 Å². The van der Waals surface area contributed by atoms with Crippen molar-refractivity contribution in [3.05, 3.63) is 60.2 Å². The van der Waals surface area contributed by atoms with E-state index < -0.39 is 0 Å². The van der Waals surface area contributed by atoms with Crippen LogP contribution in [0.5, 0.6) is 0 Å². The molecule has 0 radical (unpaired) electrons. The van der Waals surface area contributed by atoms with Crippen LogP contribution in [0.1, 0.15) is 17.3 Å². The van der Waals surface area contributed by atoms with Crippen LogP contribution < -0.4 is 5.32 Å². The fraction of sp³-hybridized carbons (Fsp3) is 0.0667. The highest BCUT2D eigenvalue weighted by Crippen LogP contribution is 2.19. The van der Waals surface area contributed by atoms with Gasteiger partial charge in [0.1, 0.15) is 0 Å². The number of benzene rings is 2. The second kappa shape index (κ2) is 5.27. The maximum atomic E-state index is 11.6. The molecule has 0 atom stereocenters. The summed E-state index contributed by atoms with van der Waals surface area (Å²) < 4.78 is 0. The summed E-state index contributed by atoms with van der Waals surface area (Å²) in [5, 5.41) is 2.24. The molecule has 0 spiro atoms. The molecule has 0 heterocycles. The third-order valence-corrected chi connectivity index (χ3v) is 2.54. The first-order valence-corrected chi connectivity index (χ1v) is 5.64. The van der Waals surface area contributed by atoms with Gasteiger partial charge in [-0.25, -0.2) is 0 Å². The lowest BCUT2D eigenvalue weighted by Gasteiger charge is -2.04. The lowest BCUT2D eigenvalue weighted by atomic mass is 10.0. The van der Waals surface area contributed by atoms with Gasteiger partial charge in [0.25, 0.3) is 5.91 Å². The van der Waals surface area contributed by atoms with E-state index in [1.807, 2.05) is 42.5 Å². The molecule has 18 heavy (non-hydrogen) atoms. The van der Waals surface area contributed by atoms with Crippen LogP contribution >= 0.6 is 0 Å². The SMILES string of the molecule is CC(=O)NC(=O)c1ccc(-c2ccccc2)cc1. The molecular weight excluding hydrogens is 226 g/mol. The van der Waals surface area contributed by atoms with E-state index in [1.54, 1.807) is 12.1 Å². The molecule has 2 rings (SSSR count). The van der Waals surface area contributed by atoms with Gasteiger partial charge in [0.05, 0.1) is 0 Å². The quantitative estimate of drug-likeness (QED) is 0.875. The predicted molar refractivity (Wildman–Crippen MR) is 70.0 cm³/mol. The minimum atomic E-state index is -0.373. The van der Waals surface area contributed by atoms with Crippen molar-refractivity contribution in [2.75, 3.05) is 0 Å². The van der Waals surface area contributed by atoms with Gasteiger partial charge in [-0.15, -0.1) is 0 Å². The van der Waals surface area contributed by atoms with E-state index >= 15 is 0 Å². The molecule has 3 heteroatoms. The van der Waals surface area contributed by atoms with Crippen LogP contribution in [0.25, 0.3) is 11.1 Å². The molecule has 0 aromatic heterocycles. The zero-order valence-electron chi connectivity index (χ0n) is 10.0. The van der Waals surface area contributed by atoms with Gasteiger partial charge in [0.15, 0.2) is 0 Å². The van der Waals surface area contributed by atoms with Gasteiger partial charge >= 0.3 is 0 Å². The number of hydrogen-bond acceptors (Lipinski definition) is 2. The van der Waals surface area contributed by atoms with Crippen molar-refractivity contribution >= 4 is 11.8 Å². The van der Waals surface area contributed by atoms with Crippen LogP contribution in [-0.4, -0.2) is 11.8 Å². The molecule has 3 nitrogen and oxygen atoms in total. The first-order valence-electron chi connectivity index (χ1n) is 5.64. The first-order chi connectivity index (χ1) is 8.66. The molecular formula is C15H13NO2. The fourth-order valence-electron chi connectivity index (χ4n) is 1.68. The van der Waals surface area contributed by atoms with E-state index in [0.717, 1.165) is 11.1 Å². The van der Waals surface area contributed by atoms with Gasteiger partial charge in [0, 0.05) is 12.5 Å². The van der Waals surface area contributed by atoms with Crippen molar-refractivity contribution in [1.82, 2.24) is 5.32 Å². The van der Waals surface area contributed by atoms with Gasteiger partial charge in [-0.3, -0.25) is 14.9 Å². The molecule has 0 bridgehead atoms. The summed E-state index contributed by atoms with van der Waals surface area (Å²) in [6.07, 6.45) is 0. The van der Waals surface area contributed by atoms with Gasteiger partial charge in [0.2, 0.25) is 5.91 Å². The number of carbonyl (C=O) groups excluding carboxylic acids is 2. The van der Waals surface area contributed by atoms with Crippen LogP contribution in [0.4, 0.5) is 0 Å². The molecule has 0 unspecified atom stereocenters. The average molecular weight is 239 g/mol. The second-order valence-electron chi connectivity index (χ2n) is 3.95. The van der Waals surface area contributed by atoms with E-state index in [2.05, 4.69) is 5.32 Å². The Balaban J connectivity index is 2.20. The van der Waals surface area contributed by atoms with Crippen molar-refractivity contribution in [3.63, 3.8) is 0 Å². The van der Waals surface area contributed by atoms with Crippen molar-refractivity contribution < 1.29 is 9.59 Å². The van der Waals surface area contributed by atoms with E-state index in [-0.39, 0.29) is 11.8 Å². The molecule has 2 amide bonds. The maximum Gasteiger partial charge on any atom is 0.257 e. The first kappa shape index (κ1) is 12.0. The molecule has 0 aliphatic heterocycles. The monoisotopic (exact) mass is 239 g/mol. The Labute approximate surface area is 105 Å². The highest BCUT2D eigenvalue weighted by atomic mass is 16.2. The summed E-state index contributed by atoms with van der Waals surface area (Å²) in [7, 11) is 0. The van der Waals surface area contributed by atoms with Gasteiger partial charge in [-0.2, -0.15) is 0 Å². The molecule has 1 N–H and O–H groups in total. The molecule has 0 saturated carbocycles. The number of carbonyl (C=O) groups is 2. The molecule has 0 aliphatic rings. The Bertz CT molecular complexity index is 559. The number of imide groups is 1. The van der Waals surface area contributed by atoms with E-state index in [4.69, 9.17) is 0 Å². The van der Waals surface area contributed by atoms with Crippen LogP contribution in [0.15, 0.2) is 54.6 Å². The Morgan fingerprint density at radius 1 is 0.833 bits per heavy atom. The average Bonchev–Trinajstić information content (AvgIpc) is 2.39. The number of rotatable bonds is 2. The lowest BCUT2D eigenvalue weighted by molar-refractivity contribution is -0.118. The largest absolute Gasteiger partial charge is 0.293 e. The Hall–Kier alpha value is -2.42. The normalized spacial score (nSPS) is 9.83. The smallest absolute Gasteiger partial charge is 0.257 e. The van der Waals surface area contributed by atoms with E-state index in [9.17, 15) is 9.59 Å². The van der Waals surface area contributed by atoms with Gasteiger partial charge in [-0.05, 0) is 23.3 Å². The van der Waals surface area contributed by atoms with Gasteiger partial charge in [-0.1, -0.05) is 42.5 Å². The van der Waals surface area contributed by atoms with E-state index in [0.29, 0.717) is 5.56 Å². The Morgan fingerprint density at radius 3 is 1.94 bits per heavy atom. The number of amides is 2. The Morgan fingerprint density at radius 2 is 1.39 bits per heavy atom. The van der Waals surface area contributed by atoms with Crippen LogP contribution in [0.2, 0.25) is 0 Å². The highest BCUT2D eigenvalue weighted by molar-refractivity contribution is 6.04. The summed E-state index contributed by atoms with van der Waals surface area (Å²) in [5.41, 5.74) is 2.61. The standard InChI is InChI=1S/C15H13NO2/c1-11(17)16-15(18)14-9-7-13(8-10-14)12-5-3-2-4-6-12/h2-10H,1H3,(H,16,17,18). The molecule has 0 aliphatic carbocycles. The maximum absolute atomic E-state index is 11.6. The van der Waals surface area contributed by atoms with Crippen molar-refractivity contribution in [2.45, 2.75) is 6.92 Å². The Kier molecular flexibility index (Phi) is 3.53. The fourth-order valence-corrected chi connectivity index (χ4v) is 1.68. The number of nitrogens with one attached hydrogen (secondary N) is 1. The molecule has 2 aromatic carbocycles. The minimum Gasteiger partial charge on any atom is -0.293 e. The summed E-state index contributed by atoms with van der Waals surface area (Å²) in [4.78, 5) is 22.4. The van der Waals surface area contributed by atoms with Crippen LogP contribution in [0, 0.1) is 0 Å². The highest BCUT2D eigenvalue weighted by Gasteiger charge is 2.06. The molecule has 0 saturated heterocycles. The zero-order chi connectivity index (χ0) is 13.0. The summed E-state index contributed by atoms with van der Waals surface area (Å²) in [6.45, 7) is 1.32. The zero-order valence-corrected chi connectivity index (χ0v) is 10.0. The number of hydrogen-bond donors (Lipinski definition) is 1. The minimum absolute atomic E-state index is 0.355.